The molecule has 3 rings (SSSR count). The molecule has 1 amide bonds. The van der Waals surface area contributed by atoms with E-state index in [0.29, 0.717) is 17.1 Å². The zero-order valence-corrected chi connectivity index (χ0v) is 17.4. The molecular formula is C21H25BrN2O3. The first-order chi connectivity index (χ1) is 13.1. The first kappa shape index (κ1) is 19.7. The Hall–Kier alpha value is -2.05. The van der Waals surface area contributed by atoms with E-state index in [-0.39, 0.29) is 5.91 Å². The van der Waals surface area contributed by atoms with Gasteiger partial charge in [-0.1, -0.05) is 30.3 Å². The lowest BCUT2D eigenvalue weighted by Gasteiger charge is -2.35. The first-order valence-corrected chi connectivity index (χ1v) is 9.88. The SMILES string of the molecule is COc1cc(C(=O)N2CCN(CCc3ccccc3)CC2)cc(OC)c1Br. The average Bonchev–Trinajstić information content (AvgIpc) is 2.73. The van der Waals surface area contributed by atoms with Gasteiger partial charge in [-0.25, -0.2) is 0 Å². The molecule has 144 valence electrons. The number of hydrogen-bond acceptors (Lipinski definition) is 4. The van der Waals surface area contributed by atoms with E-state index in [1.807, 2.05) is 11.0 Å². The Morgan fingerprint density at radius 2 is 1.59 bits per heavy atom. The van der Waals surface area contributed by atoms with Gasteiger partial charge in [0.25, 0.3) is 5.91 Å². The molecule has 2 aromatic carbocycles. The molecule has 0 unspecified atom stereocenters. The molecule has 0 atom stereocenters. The van der Waals surface area contributed by atoms with Crippen LogP contribution in [0, 0.1) is 0 Å². The average molecular weight is 433 g/mol. The van der Waals surface area contributed by atoms with Gasteiger partial charge in [-0.3, -0.25) is 9.69 Å². The number of nitrogens with zero attached hydrogens (tertiary/aromatic N) is 2. The van der Waals surface area contributed by atoms with Gasteiger partial charge in [0, 0.05) is 38.3 Å². The lowest BCUT2D eigenvalue weighted by molar-refractivity contribution is 0.0638. The zero-order valence-electron chi connectivity index (χ0n) is 15.8. The molecule has 1 aliphatic heterocycles. The van der Waals surface area contributed by atoms with Crippen LogP contribution in [0.2, 0.25) is 0 Å². The second kappa shape index (κ2) is 9.24. The fourth-order valence-corrected chi connectivity index (χ4v) is 3.83. The van der Waals surface area contributed by atoms with E-state index in [1.165, 1.54) is 5.56 Å². The van der Waals surface area contributed by atoms with Gasteiger partial charge in [0.05, 0.1) is 14.2 Å². The summed E-state index contributed by atoms with van der Waals surface area (Å²) in [7, 11) is 3.17. The fraction of sp³-hybridized carbons (Fsp3) is 0.381. The third-order valence-electron chi connectivity index (χ3n) is 4.91. The van der Waals surface area contributed by atoms with Crippen LogP contribution in [0.3, 0.4) is 0 Å². The summed E-state index contributed by atoms with van der Waals surface area (Å²) in [5.74, 6) is 1.21. The van der Waals surface area contributed by atoms with Gasteiger partial charge < -0.3 is 14.4 Å². The van der Waals surface area contributed by atoms with Crippen LogP contribution in [0.4, 0.5) is 0 Å². The topological polar surface area (TPSA) is 42.0 Å². The summed E-state index contributed by atoms with van der Waals surface area (Å²) in [5, 5.41) is 0. The predicted molar refractivity (Wildman–Crippen MR) is 110 cm³/mol. The number of halogens is 1. The normalized spacial score (nSPS) is 14.9. The Morgan fingerprint density at radius 3 is 2.15 bits per heavy atom. The van der Waals surface area contributed by atoms with Crippen molar-refractivity contribution in [2.24, 2.45) is 0 Å². The molecule has 0 spiro atoms. The predicted octanol–water partition coefficient (Wildman–Crippen LogP) is 3.47. The molecule has 0 aromatic heterocycles. The van der Waals surface area contributed by atoms with Crippen molar-refractivity contribution in [3.63, 3.8) is 0 Å². The van der Waals surface area contributed by atoms with E-state index >= 15 is 0 Å². The van der Waals surface area contributed by atoms with E-state index in [1.54, 1.807) is 26.4 Å². The van der Waals surface area contributed by atoms with Crippen LogP contribution in [-0.4, -0.2) is 62.7 Å². The molecule has 1 fully saturated rings. The molecule has 27 heavy (non-hydrogen) atoms. The molecule has 0 aliphatic carbocycles. The second-order valence-corrected chi connectivity index (χ2v) is 7.36. The van der Waals surface area contributed by atoms with Crippen molar-refractivity contribution in [2.75, 3.05) is 46.9 Å². The minimum atomic E-state index is 0.0156. The molecule has 0 N–H and O–H groups in total. The number of hydrogen-bond donors (Lipinski definition) is 0. The highest BCUT2D eigenvalue weighted by atomic mass is 79.9. The maximum Gasteiger partial charge on any atom is 0.254 e. The van der Waals surface area contributed by atoms with E-state index < -0.39 is 0 Å². The molecular weight excluding hydrogens is 408 g/mol. The molecule has 6 heteroatoms. The fourth-order valence-electron chi connectivity index (χ4n) is 3.28. The molecule has 0 bridgehead atoms. The lowest BCUT2D eigenvalue weighted by Crippen LogP contribution is -2.49. The van der Waals surface area contributed by atoms with Crippen LogP contribution < -0.4 is 9.47 Å². The highest BCUT2D eigenvalue weighted by Gasteiger charge is 2.24. The van der Waals surface area contributed by atoms with Crippen LogP contribution in [0.25, 0.3) is 0 Å². The van der Waals surface area contributed by atoms with Crippen molar-refractivity contribution in [3.05, 3.63) is 58.1 Å². The maximum absolute atomic E-state index is 12.9. The van der Waals surface area contributed by atoms with E-state index in [4.69, 9.17) is 9.47 Å². The van der Waals surface area contributed by atoms with Crippen LogP contribution in [0.5, 0.6) is 11.5 Å². The number of piperazine rings is 1. The number of carbonyl (C=O) groups excluding carboxylic acids is 1. The molecule has 1 heterocycles. The molecule has 0 radical (unpaired) electrons. The Bertz CT molecular complexity index is 749. The van der Waals surface area contributed by atoms with Crippen LogP contribution in [-0.2, 0) is 6.42 Å². The van der Waals surface area contributed by atoms with Crippen LogP contribution in [0.15, 0.2) is 46.9 Å². The molecule has 1 aliphatic rings. The van der Waals surface area contributed by atoms with Gasteiger partial charge in [0.1, 0.15) is 16.0 Å². The summed E-state index contributed by atoms with van der Waals surface area (Å²) in [5.41, 5.74) is 1.94. The van der Waals surface area contributed by atoms with Gasteiger partial charge in [0.2, 0.25) is 0 Å². The quantitative estimate of drug-likeness (QED) is 0.700. The van der Waals surface area contributed by atoms with Crippen molar-refractivity contribution in [1.82, 2.24) is 9.80 Å². The number of benzene rings is 2. The number of ether oxygens (including phenoxy) is 2. The second-order valence-electron chi connectivity index (χ2n) is 6.56. The zero-order chi connectivity index (χ0) is 19.2. The number of carbonyl (C=O) groups is 1. The molecule has 2 aromatic rings. The number of rotatable bonds is 6. The highest BCUT2D eigenvalue weighted by Crippen LogP contribution is 2.36. The van der Waals surface area contributed by atoms with Gasteiger partial charge >= 0.3 is 0 Å². The van der Waals surface area contributed by atoms with Crippen molar-refractivity contribution in [3.8, 4) is 11.5 Å². The standard InChI is InChI=1S/C21H25BrN2O3/c1-26-18-14-17(15-19(27-2)20(18)22)21(25)24-12-10-23(11-13-24)9-8-16-6-4-3-5-7-16/h3-7,14-15H,8-13H2,1-2H3. The Labute approximate surface area is 169 Å². The van der Waals surface area contributed by atoms with Gasteiger partial charge in [-0.05, 0) is 40.0 Å². The van der Waals surface area contributed by atoms with Crippen molar-refractivity contribution < 1.29 is 14.3 Å². The lowest BCUT2D eigenvalue weighted by atomic mass is 10.1. The van der Waals surface area contributed by atoms with Crippen molar-refractivity contribution in [2.45, 2.75) is 6.42 Å². The minimum absolute atomic E-state index is 0.0156. The monoisotopic (exact) mass is 432 g/mol. The van der Waals surface area contributed by atoms with Crippen LogP contribution in [0.1, 0.15) is 15.9 Å². The third-order valence-corrected chi connectivity index (χ3v) is 5.69. The smallest absolute Gasteiger partial charge is 0.254 e. The Kier molecular flexibility index (Phi) is 6.74. The highest BCUT2D eigenvalue weighted by molar-refractivity contribution is 9.10. The Balaban J connectivity index is 1.58. The number of amides is 1. The van der Waals surface area contributed by atoms with Gasteiger partial charge in [0.15, 0.2) is 0 Å². The summed E-state index contributed by atoms with van der Waals surface area (Å²) < 4.78 is 11.4. The van der Waals surface area contributed by atoms with E-state index in [9.17, 15) is 4.79 Å². The Morgan fingerprint density at radius 1 is 1.00 bits per heavy atom. The summed E-state index contributed by atoms with van der Waals surface area (Å²) in [6.07, 6.45) is 1.04. The first-order valence-electron chi connectivity index (χ1n) is 9.09. The van der Waals surface area contributed by atoms with E-state index in [0.717, 1.165) is 43.6 Å². The van der Waals surface area contributed by atoms with Gasteiger partial charge in [-0.2, -0.15) is 0 Å². The van der Waals surface area contributed by atoms with Gasteiger partial charge in [-0.15, -0.1) is 0 Å². The number of methoxy groups -OCH3 is 2. The maximum atomic E-state index is 12.9. The molecule has 0 saturated carbocycles. The summed E-state index contributed by atoms with van der Waals surface area (Å²) in [4.78, 5) is 17.2. The molecule has 1 saturated heterocycles. The van der Waals surface area contributed by atoms with Crippen LogP contribution >= 0.6 is 15.9 Å². The third kappa shape index (κ3) is 4.82. The summed E-state index contributed by atoms with van der Waals surface area (Å²) >= 11 is 3.44. The molecule has 5 nitrogen and oxygen atoms in total. The summed E-state index contributed by atoms with van der Waals surface area (Å²) in [6.45, 7) is 4.27. The minimum Gasteiger partial charge on any atom is -0.495 e. The summed E-state index contributed by atoms with van der Waals surface area (Å²) in [6, 6.07) is 14.0. The van der Waals surface area contributed by atoms with Crippen molar-refractivity contribution >= 4 is 21.8 Å². The largest absolute Gasteiger partial charge is 0.495 e. The van der Waals surface area contributed by atoms with Crippen molar-refractivity contribution in [1.29, 1.82) is 0 Å². The van der Waals surface area contributed by atoms with E-state index in [2.05, 4.69) is 45.1 Å².